The molecule has 2 saturated heterocycles. The van der Waals surface area contributed by atoms with Crippen LogP contribution >= 0.6 is 0 Å². The summed E-state index contributed by atoms with van der Waals surface area (Å²) in [5, 5.41) is 11.8. The second-order valence-corrected chi connectivity index (χ2v) is 12.8. The van der Waals surface area contributed by atoms with E-state index in [1.54, 1.807) is 4.31 Å². The molecular weight excluding hydrogens is 484 g/mol. The van der Waals surface area contributed by atoms with Gasteiger partial charge in [-0.1, -0.05) is 61.5 Å². The van der Waals surface area contributed by atoms with E-state index in [1.165, 1.54) is 22.3 Å². The smallest absolute Gasteiger partial charge is 0.220 e. The van der Waals surface area contributed by atoms with Crippen molar-refractivity contribution in [2.45, 2.75) is 57.0 Å². The van der Waals surface area contributed by atoms with Crippen LogP contribution in [-0.2, 0) is 10.0 Å². The lowest BCUT2D eigenvalue weighted by Crippen LogP contribution is -2.67. The summed E-state index contributed by atoms with van der Waals surface area (Å²) in [5.41, 5.74) is 9.37. The monoisotopic (exact) mass is 524 g/mol. The summed E-state index contributed by atoms with van der Waals surface area (Å²) < 4.78 is 29.3. The van der Waals surface area contributed by atoms with Crippen molar-refractivity contribution in [3.05, 3.63) is 71.3 Å². The average Bonchev–Trinajstić information content (AvgIpc) is 3.26. The second kappa shape index (κ2) is 10.6. The molecule has 0 amide bonds. The molecule has 0 aliphatic carbocycles. The third kappa shape index (κ3) is 4.68. The Kier molecular flexibility index (Phi) is 7.60. The molecule has 37 heavy (non-hydrogen) atoms. The number of hydrogen-bond donors (Lipinski definition) is 2. The van der Waals surface area contributed by atoms with Crippen LogP contribution in [0.1, 0.15) is 36.5 Å². The number of fused-ring (bicyclic) bond motifs is 1. The largest absolute Gasteiger partial charge is 0.395 e. The zero-order valence-corrected chi connectivity index (χ0v) is 23.2. The molecule has 2 N–H and O–H groups in total. The van der Waals surface area contributed by atoms with Crippen molar-refractivity contribution in [2.24, 2.45) is 0 Å². The Morgan fingerprint density at radius 3 is 2.46 bits per heavy atom. The lowest BCUT2D eigenvalue weighted by atomic mass is 9.74. The maximum absolute atomic E-state index is 13.8. The third-order valence-electron chi connectivity index (χ3n) is 8.87. The lowest BCUT2D eigenvalue weighted by Gasteiger charge is -2.56. The fraction of sp³-hybridized carbons (Fsp3) is 0.517. The minimum atomic E-state index is -3.51. The number of aliphatic hydroxyl groups is 1. The molecule has 4 unspecified atom stereocenters. The molecule has 200 valence electrons. The van der Waals surface area contributed by atoms with Crippen LogP contribution < -0.4 is 5.43 Å². The van der Waals surface area contributed by atoms with Crippen molar-refractivity contribution >= 4 is 10.0 Å². The van der Waals surface area contributed by atoms with Crippen molar-refractivity contribution in [1.82, 2.24) is 19.6 Å². The highest BCUT2D eigenvalue weighted by atomic mass is 32.2. The summed E-state index contributed by atoms with van der Waals surface area (Å²) in [6.07, 6.45) is 4.00. The number of sulfonamides is 1. The van der Waals surface area contributed by atoms with Gasteiger partial charge in [-0.15, -0.1) is 0 Å². The Bertz CT molecular complexity index is 1250. The number of rotatable bonds is 6. The van der Waals surface area contributed by atoms with Crippen molar-refractivity contribution in [3.8, 4) is 11.1 Å². The molecule has 0 bridgehead atoms. The zero-order valence-electron chi connectivity index (χ0n) is 22.3. The number of nitrogens with zero attached hydrogens (tertiary/aromatic N) is 3. The second-order valence-electron chi connectivity index (χ2n) is 10.7. The van der Waals surface area contributed by atoms with Crippen molar-refractivity contribution < 1.29 is 13.5 Å². The number of aliphatic hydroxyl groups excluding tert-OH is 1. The van der Waals surface area contributed by atoms with Gasteiger partial charge in [0.05, 0.1) is 6.61 Å². The molecule has 0 spiro atoms. The van der Waals surface area contributed by atoms with Gasteiger partial charge >= 0.3 is 0 Å². The number of nitrogens with one attached hydrogen (secondary N) is 1. The van der Waals surface area contributed by atoms with Crippen molar-refractivity contribution in [3.63, 3.8) is 0 Å². The molecule has 0 radical (unpaired) electrons. The first-order chi connectivity index (χ1) is 17.8. The predicted molar refractivity (Wildman–Crippen MR) is 149 cm³/mol. The molecule has 3 aliphatic rings. The average molecular weight is 525 g/mol. The van der Waals surface area contributed by atoms with E-state index >= 15 is 0 Å². The molecule has 2 aromatic rings. The van der Waals surface area contributed by atoms with E-state index in [9.17, 15) is 13.5 Å². The fourth-order valence-corrected chi connectivity index (χ4v) is 8.43. The van der Waals surface area contributed by atoms with Gasteiger partial charge in [0, 0.05) is 56.8 Å². The van der Waals surface area contributed by atoms with E-state index < -0.39 is 15.3 Å². The van der Waals surface area contributed by atoms with Crippen molar-refractivity contribution in [1.29, 1.82) is 0 Å². The van der Waals surface area contributed by atoms with Gasteiger partial charge in [0.15, 0.2) is 0 Å². The standard InChI is InChI=1S/C29H40N4O3S/c1-5-33-22(4)28(17-30-33)37(35,36)31-15-6-7-16-32-26(18-31)29(27(32)19-34)24-13-11-23(12-14-24)25-10-8-9-20(2)21(25)3/h6-14,22,26-30,34H,5,15-19H2,1-4H3/b7-6-/t22?,26?,27?,28?,29-/m0/s1. The van der Waals surface area contributed by atoms with Crippen LogP contribution in [0, 0.1) is 13.8 Å². The van der Waals surface area contributed by atoms with Crippen LogP contribution in [0.2, 0.25) is 0 Å². The van der Waals surface area contributed by atoms with E-state index in [0.717, 1.165) is 18.7 Å². The van der Waals surface area contributed by atoms with Gasteiger partial charge in [-0.25, -0.2) is 13.4 Å². The zero-order chi connectivity index (χ0) is 26.3. The van der Waals surface area contributed by atoms with Gasteiger partial charge in [0.2, 0.25) is 10.0 Å². The van der Waals surface area contributed by atoms with Gasteiger partial charge in [0.1, 0.15) is 5.25 Å². The van der Waals surface area contributed by atoms with Crippen LogP contribution in [-0.4, -0.2) is 90.4 Å². The van der Waals surface area contributed by atoms with Crippen LogP contribution in [0.15, 0.2) is 54.6 Å². The Labute approximate surface area is 221 Å². The summed E-state index contributed by atoms with van der Waals surface area (Å²) in [5.74, 6) is 0.0770. The van der Waals surface area contributed by atoms with Crippen LogP contribution in [0.3, 0.4) is 0 Å². The molecule has 2 fully saturated rings. The van der Waals surface area contributed by atoms with Gasteiger partial charge in [0.25, 0.3) is 0 Å². The molecular formula is C29H40N4O3S. The SMILES string of the molecule is CCN1NCC(S(=O)(=O)N2C/C=C\CN3C(CO)[C@@H](c4ccc(-c5cccc(C)c5C)cc4)C3C2)C1C. The Morgan fingerprint density at radius 1 is 1.05 bits per heavy atom. The predicted octanol–water partition coefficient (Wildman–Crippen LogP) is 2.90. The van der Waals surface area contributed by atoms with Crippen LogP contribution in [0.25, 0.3) is 11.1 Å². The van der Waals surface area contributed by atoms with E-state index in [1.807, 2.05) is 31.0 Å². The molecule has 0 aromatic heterocycles. The summed E-state index contributed by atoms with van der Waals surface area (Å²) in [4.78, 5) is 2.26. The minimum absolute atomic E-state index is 0.0217. The number of benzene rings is 2. The highest BCUT2D eigenvalue weighted by molar-refractivity contribution is 7.89. The quantitative estimate of drug-likeness (QED) is 0.566. The molecule has 5 atom stereocenters. The normalized spacial score (nSPS) is 30.4. The Balaban J connectivity index is 1.41. The first-order valence-corrected chi connectivity index (χ1v) is 15.0. The summed E-state index contributed by atoms with van der Waals surface area (Å²) in [6, 6.07) is 15.0. The molecule has 0 saturated carbocycles. The minimum Gasteiger partial charge on any atom is -0.395 e. The number of aryl methyl sites for hydroxylation is 1. The number of hydrogen-bond acceptors (Lipinski definition) is 6. The molecule has 2 aromatic carbocycles. The number of hydrazine groups is 1. The molecule has 7 nitrogen and oxygen atoms in total. The summed E-state index contributed by atoms with van der Waals surface area (Å²) in [6.45, 7) is 11.1. The van der Waals surface area contributed by atoms with Crippen LogP contribution in [0.4, 0.5) is 0 Å². The maximum atomic E-state index is 13.8. The summed E-state index contributed by atoms with van der Waals surface area (Å²) in [7, 11) is -3.51. The first-order valence-electron chi connectivity index (χ1n) is 13.4. The van der Waals surface area contributed by atoms with Crippen molar-refractivity contribution in [2.75, 3.05) is 39.3 Å². The molecule has 8 heteroatoms. The highest BCUT2D eigenvalue weighted by Crippen LogP contribution is 2.42. The maximum Gasteiger partial charge on any atom is 0.220 e. The Hall–Kier alpha value is -2.07. The molecule has 5 rings (SSSR count). The third-order valence-corrected chi connectivity index (χ3v) is 11.2. The summed E-state index contributed by atoms with van der Waals surface area (Å²) >= 11 is 0. The lowest BCUT2D eigenvalue weighted by molar-refractivity contribution is -0.0415. The Morgan fingerprint density at radius 2 is 1.78 bits per heavy atom. The van der Waals surface area contributed by atoms with E-state index in [-0.39, 0.29) is 30.7 Å². The van der Waals surface area contributed by atoms with E-state index in [4.69, 9.17) is 0 Å². The van der Waals surface area contributed by atoms with E-state index in [2.05, 4.69) is 66.6 Å². The highest BCUT2D eigenvalue weighted by Gasteiger charge is 2.51. The van der Waals surface area contributed by atoms with Gasteiger partial charge in [-0.3, -0.25) is 10.3 Å². The molecule has 3 heterocycles. The first kappa shape index (κ1) is 26.5. The van der Waals surface area contributed by atoms with Crippen LogP contribution in [0.5, 0.6) is 0 Å². The van der Waals surface area contributed by atoms with E-state index in [0.29, 0.717) is 19.6 Å². The van der Waals surface area contributed by atoms with Gasteiger partial charge in [-0.2, -0.15) is 4.31 Å². The topological polar surface area (TPSA) is 76.1 Å². The van der Waals surface area contributed by atoms with Gasteiger partial charge < -0.3 is 5.11 Å². The fourth-order valence-electron chi connectivity index (χ4n) is 6.46. The van der Waals surface area contributed by atoms with Gasteiger partial charge in [-0.05, 0) is 48.6 Å². The molecule has 3 aliphatic heterocycles.